The maximum atomic E-state index is 6.33. The van der Waals surface area contributed by atoms with E-state index in [1.165, 1.54) is 5.56 Å². The standard InChI is InChI=1S/C16H18N4/c1-4-13-10(2)19-20(11(13)3)15-6-5-12-9-18-8-7-14(12)16(15)17/h5-9H,4,17H2,1-3H3. The average molecular weight is 266 g/mol. The zero-order valence-electron chi connectivity index (χ0n) is 12.0. The Morgan fingerprint density at radius 3 is 2.70 bits per heavy atom. The molecule has 2 N–H and O–H groups in total. The van der Waals surface area contributed by atoms with Crippen molar-refractivity contribution in [2.24, 2.45) is 0 Å². The third kappa shape index (κ3) is 1.76. The second-order valence-corrected chi connectivity index (χ2v) is 5.01. The first kappa shape index (κ1) is 12.7. The van der Waals surface area contributed by atoms with Crippen molar-refractivity contribution in [3.63, 3.8) is 0 Å². The first-order valence-corrected chi connectivity index (χ1v) is 6.81. The average Bonchev–Trinajstić information content (AvgIpc) is 2.74. The molecule has 102 valence electrons. The summed E-state index contributed by atoms with van der Waals surface area (Å²) in [6, 6.07) is 5.99. The highest BCUT2D eigenvalue weighted by molar-refractivity contribution is 5.96. The highest BCUT2D eigenvalue weighted by Gasteiger charge is 2.14. The summed E-state index contributed by atoms with van der Waals surface area (Å²) in [5.74, 6) is 0. The SMILES string of the molecule is CCc1c(C)nn(-c2ccc3cnccc3c2N)c1C. The van der Waals surface area contributed by atoms with Gasteiger partial charge in [0.25, 0.3) is 0 Å². The highest BCUT2D eigenvalue weighted by Crippen LogP contribution is 2.28. The molecule has 0 saturated carbocycles. The van der Waals surface area contributed by atoms with E-state index in [0.29, 0.717) is 0 Å². The van der Waals surface area contributed by atoms with Gasteiger partial charge < -0.3 is 5.73 Å². The maximum Gasteiger partial charge on any atom is 0.0884 e. The molecule has 0 aliphatic heterocycles. The van der Waals surface area contributed by atoms with Gasteiger partial charge in [0.05, 0.1) is 17.1 Å². The zero-order valence-corrected chi connectivity index (χ0v) is 12.0. The van der Waals surface area contributed by atoms with E-state index in [1.807, 2.05) is 36.0 Å². The summed E-state index contributed by atoms with van der Waals surface area (Å²) in [6.07, 6.45) is 4.57. The summed E-state index contributed by atoms with van der Waals surface area (Å²) < 4.78 is 1.95. The number of benzene rings is 1. The molecule has 0 radical (unpaired) electrons. The number of nitrogens with two attached hydrogens (primary N) is 1. The van der Waals surface area contributed by atoms with Crippen LogP contribution in [0.2, 0.25) is 0 Å². The number of aromatic nitrogens is 3. The van der Waals surface area contributed by atoms with Crippen molar-refractivity contribution < 1.29 is 0 Å². The van der Waals surface area contributed by atoms with E-state index < -0.39 is 0 Å². The lowest BCUT2D eigenvalue weighted by atomic mass is 10.1. The normalized spacial score (nSPS) is 11.2. The molecule has 1 aromatic carbocycles. The number of aryl methyl sites for hydroxylation is 1. The summed E-state index contributed by atoms with van der Waals surface area (Å²) in [7, 11) is 0. The fourth-order valence-corrected chi connectivity index (χ4v) is 2.79. The minimum absolute atomic E-state index is 0.748. The van der Waals surface area contributed by atoms with Crippen LogP contribution in [0.15, 0.2) is 30.6 Å². The van der Waals surface area contributed by atoms with Crippen LogP contribution in [0.5, 0.6) is 0 Å². The van der Waals surface area contributed by atoms with Gasteiger partial charge in [-0.15, -0.1) is 0 Å². The fourth-order valence-electron chi connectivity index (χ4n) is 2.79. The molecule has 0 atom stereocenters. The largest absolute Gasteiger partial charge is 0.396 e. The number of hydrogen-bond acceptors (Lipinski definition) is 3. The first-order chi connectivity index (χ1) is 9.63. The van der Waals surface area contributed by atoms with E-state index in [1.54, 1.807) is 6.20 Å². The van der Waals surface area contributed by atoms with Crippen LogP contribution in [0.4, 0.5) is 5.69 Å². The van der Waals surface area contributed by atoms with Crippen LogP contribution in [0, 0.1) is 13.8 Å². The van der Waals surface area contributed by atoms with Crippen LogP contribution in [-0.2, 0) is 6.42 Å². The van der Waals surface area contributed by atoms with Crippen molar-refractivity contribution in [1.82, 2.24) is 14.8 Å². The lowest BCUT2D eigenvalue weighted by Crippen LogP contribution is -2.04. The molecular formula is C16H18N4. The summed E-state index contributed by atoms with van der Waals surface area (Å²) in [5, 5.41) is 6.70. The van der Waals surface area contributed by atoms with Crippen molar-refractivity contribution in [1.29, 1.82) is 0 Å². The number of hydrogen-bond donors (Lipinski definition) is 1. The first-order valence-electron chi connectivity index (χ1n) is 6.81. The van der Waals surface area contributed by atoms with Crippen LogP contribution < -0.4 is 5.73 Å². The van der Waals surface area contributed by atoms with E-state index >= 15 is 0 Å². The quantitative estimate of drug-likeness (QED) is 0.725. The molecule has 0 aliphatic carbocycles. The Labute approximate surface area is 118 Å². The Kier molecular flexibility index (Phi) is 2.93. The third-order valence-corrected chi connectivity index (χ3v) is 3.86. The number of rotatable bonds is 2. The zero-order chi connectivity index (χ0) is 14.3. The van der Waals surface area contributed by atoms with Gasteiger partial charge in [0.15, 0.2) is 0 Å². The Balaban J connectivity index is 2.27. The topological polar surface area (TPSA) is 56.7 Å². The number of nitrogen functional groups attached to an aromatic ring is 1. The fraction of sp³-hybridized carbons (Fsp3) is 0.250. The Hall–Kier alpha value is -2.36. The predicted molar refractivity (Wildman–Crippen MR) is 82.1 cm³/mol. The van der Waals surface area contributed by atoms with Gasteiger partial charge in [0.1, 0.15) is 0 Å². The number of anilines is 1. The molecule has 0 unspecified atom stereocenters. The molecule has 3 aromatic rings. The molecular weight excluding hydrogens is 248 g/mol. The van der Waals surface area contributed by atoms with E-state index in [2.05, 4.69) is 23.9 Å². The Morgan fingerprint density at radius 2 is 2.00 bits per heavy atom. The summed E-state index contributed by atoms with van der Waals surface area (Å²) in [5.41, 5.74) is 11.5. The Bertz CT molecular complexity index is 787. The van der Waals surface area contributed by atoms with Crippen LogP contribution in [0.1, 0.15) is 23.9 Å². The molecule has 20 heavy (non-hydrogen) atoms. The second-order valence-electron chi connectivity index (χ2n) is 5.01. The maximum absolute atomic E-state index is 6.33. The van der Waals surface area contributed by atoms with Gasteiger partial charge in [-0.3, -0.25) is 4.98 Å². The van der Waals surface area contributed by atoms with E-state index in [0.717, 1.165) is 40.0 Å². The second kappa shape index (κ2) is 4.63. The number of fused-ring (bicyclic) bond motifs is 1. The molecule has 0 spiro atoms. The van der Waals surface area contributed by atoms with Gasteiger partial charge in [-0.1, -0.05) is 13.0 Å². The highest BCUT2D eigenvalue weighted by atomic mass is 15.3. The molecule has 0 aliphatic rings. The lowest BCUT2D eigenvalue weighted by Gasteiger charge is -2.11. The molecule has 2 aromatic heterocycles. The molecule has 4 nitrogen and oxygen atoms in total. The lowest BCUT2D eigenvalue weighted by molar-refractivity contribution is 0.836. The van der Waals surface area contributed by atoms with Gasteiger partial charge >= 0.3 is 0 Å². The third-order valence-electron chi connectivity index (χ3n) is 3.86. The van der Waals surface area contributed by atoms with Gasteiger partial charge in [0, 0.05) is 28.9 Å². The van der Waals surface area contributed by atoms with E-state index in [4.69, 9.17) is 5.73 Å². The van der Waals surface area contributed by atoms with Crippen molar-refractivity contribution in [2.75, 3.05) is 5.73 Å². The molecule has 0 fully saturated rings. The van der Waals surface area contributed by atoms with Crippen molar-refractivity contribution in [3.8, 4) is 5.69 Å². The van der Waals surface area contributed by atoms with Gasteiger partial charge in [0.2, 0.25) is 0 Å². The molecule has 0 saturated heterocycles. The van der Waals surface area contributed by atoms with E-state index in [-0.39, 0.29) is 0 Å². The summed E-state index contributed by atoms with van der Waals surface area (Å²) >= 11 is 0. The van der Waals surface area contributed by atoms with Crippen LogP contribution in [0.3, 0.4) is 0 Å². The molecule has 0 bridgehead atoms. The van der Waals surface area contributed by atoms with Gasteiger partial charge in [-0.05, 0) is 38.0 Å². The Morgan fingerprint density at radius 1 is 1.20 bits per heavy atom. The molecule has 4 heteroatoms. The van der Waals surface area contributed by atoms with Crippen LogP contribution >= 0.6 is 0 Å². The number of pyridine rings is 1. The van der Waals surface area contributed by atoms with Crippen LogP contribution in [0.25, 0.3) is 16.5 Å². The van der Waals surface area contributed by atoms with Crippen molar-refractivity contribution >= 4 is 16.5 Å². The number of nitrogens with zero attached hydrogens (tertiary/aromatic N) is 3. The monoisotopic (exact) mass is 266 g/mol. The van der Waals surface area contributed by atoms with Gasteiger partial charge in [-0.2, -0.15) is 5.10 Å². The summed E-state index contributed by atoms with van der Waals surface area (Å²) in [6.45, 7) is 6.29. The molecule has 3 rings (SSSR count). The smallest absolute Gasteiger partial charge is 0.0884 e. The van der Waals surface area contributed by atoms with Crippen molar-refractivity contribution in [2.45, 2.75) is 27.2 Å². The van der Waals surface area contributed by atoms with Crippen molar-refractivity contribution in [3.05, 3.63) is 47.5 Å². The molecule has 2 heterocycles. The van der Waals surface area contributed by atoms with E-state index in [9.17, 15) is 0 Å². The predicted octanol–water partition coefficient (Wildman–Crippen LogP) is 3.18. The van der Waals surface area contributed by atoms with Crippen LogP contribution in [-0.4, -0.2) is 14.8 Å². The summed E-state index contributed by atoms with van der Waals surface area (Å²) in [4.78, 5) is 4.13. The minimum atomic E-state index is 0.748. The molecule has 0 amide bonds. The minimum Gasteiger partial charge on any atom is -0.396 e. The van der Waals surface area contributed by atoms with Gasteiger partial charge in [-0.25, -0.2) is 4.68 Å².